The number of esters is 1. The molecule has 0 radical (unpaired) electrons. The summed E-state index contributed by atoms with van der Waals surface area (Å²) in [7, 11) is 1.75. The van der Waals surface area contributed by atoms with Crippen molar-refractivity contribution in [2.45, 2.75) is 32.0 Å². The molecular formula is C23H26FN7O3. The predicted octanol–water partition coefficient (Wildman–Crippen LogP) is 1.34. The number of aryl methyl sites for hydroxylation is 1. The van der Waals surface area contributed by atoms with E-state index in [9.17, 15) is 9.59 Å². The third-order valence-corrected chi connectivity index (χ3v) is 6.21. The van der Waals surface area contributed by atoms with Gasteiger partial charge in [-0.25, -0.2) is 14.2 Å². The zero-order chi connectivity index (χ0) is 24.2. The lowest BCUT2D eigenvalue weighted by Gasteiger charge is -2.41. The molecule has 4 heterocycles. The smallest absolute Gasteiger partial charge is 0.398 e. The van der Waals surface area contributed by atoms with Crippen LogP contribution in [0.4, 0.5) is 21.6 Å². The minimum Gasteiger partial charge on any atom is -0.434 e. The van der Waals surface area contributed by atoms with Gasteiger partial charge >= 0.3 is 11.9 Å². The number of aromatic nitrogens is 3. The number of rotatable bonds is 3. The number of nitrogens with one attached hydrogen (secondary N) is 1. The van der Waals surface area contributed by atoms with E-state index in [4.69, 9.17) is 10.5 Å². The number of nitrogens with zero attached hydrogens (tertiary/aromatic N) is 5. The average Bonchev–Trinajstić information content (AvgIpc) is 3.30. The number of hydrogen-bond acceptors (Lipinski definition) is 8. The van der Waals surface area contributed by atoms with Crippen LogP contribution in [-0.2, 0) is 27.8 Å². The molecule has 11 heteroatoms. The number of halogens is 1. The second-order valence-electron chi connectivity index (χ2n) is 9.33. The summed E-state index contributed by atoms with van der Waals surface area (Å²) in [5.41, 5.74) is 7.46. The molecule has 0 bridgehead atoms. The van der Waals surface area contributed by atoms with E-state index in [0.29, 0.717) is 16.7 Å². The fourth-order valence-corrected chi connectivity index (χ4v) is 4.81. The molecular weight excluding hydrogens is 441 g/mol. The van der Waals surface area contributed by atoms with E-state index in [-0.39, 0.29) is 17.6 Å². The van der Waals surface area contributed by atoms with E-state index in [1.165, 1.54) is 11.0 Å². The van der Waals surface area contributed by atoms with Crippen molar-refractivity contribution in [3.63, 3.8) is 0 Å². The molecule has 3 N–H and O–H groups in total. The number of anilines is 3. The third kappa shape index (κ3) is 3.81. The summed E-state index contributed by atoms with van der Waals surface area (Å²) in [4.78, 5) is 31.9. The number of primary amides is 1. The predicted molar refractivity (Wildman–Crippen MR) is 124 cm³/mol. The molecule has 0 spiro atoms. The van der Waals surface area contributed by atoms with E-state index >= 15 is 4.39 Å². The highest BCUT2D eigenvalue weighted by Gasteiger charge is 2.40. The Morgan fingerprint density at radius 1 is 1.29 bits per heavy atom. The van der Waals surface area contributed by atoms with Crippen LogP contribution in [0.5, 0.6) is 0 Å². The van der Waals surface area contributed by atoms with E-state index in [1.807, 2.05) is 6.07 Å². The molecule has 5 rings (SSSR count). The summed E-state index contributed by atoms with van der Waals surface area (Å²) in [6.45, 7) is 6.60. The molecule has 178 valence electrons. The van der Waals surface area contributed by atoms with Crippen molar-refractivity contribution in [1.82, 2.24) is 20.1 Å². The Morgan fingerprint density at radius 3 is 2.82 bits per heavy atom. The highest BCUT2D eigenvalue weighted by Crippen LogP contribution is 2.43. The number of hydrogen-bond donors (Lipinski definition) is 2. The van der Waals surface area contributed by atoms with Crippen molar-refractivity contribution in [2.75, 3.05) is 29.4 Å². The molecule has 1 atom stereocenters. The molecule has 1 fully saturated rings. The maximum absolute atomic E-state index is 15.3. The van der Waals surface area contributed by atoms with Gasteiger partial charge < -0.3 is 20.7 Å². The van der Waals surface area contributed by atoms with E-state index in [0.717, 1.165) is 30.9 Å². The molecule has 1 unspecified atom stereocenters. The van der Waals surface area contributed by atoms with Crippen LogP contribution in [0.25, 0.3) is 10.9 Å². The minimum atomic E-state index is -1.21. The minimum absolute atomic E-state index is 0.0953. The van der Waals surface area contributed by atoms with Crippen molar-refractivity contribution in [1.29, 1.82) is 0 Å². The van der Waals surface area contributed by atoms with Gasteiger partial charge in [-0.05, 0) is 26.0 Å². The molecule has 2 aromatic heterocycles. The Labute approximate surface area is 195 Å². The first-order valence-corrected chi connectivity index (χ1v) is 11.0. The van der Waals surface area contributed by atoms with Crippen LogP contribution < -0.4 is 20.9 Å². The van der Waals surface area contributed by atoms with Crippen molar-refractivity contribution in [3.8, 4) is 0 Å². The van der Waals surface area contributed by atoms with Crippen molar-refractivity contribution in [2.24, 2.45) is 12.8 Å². The number of carbonyl (C=O) groups excluding carboxylic acids is 2. The molecule has 1 amide bonds. The van der Waals surface area contributed by atoms with Gasteiger partial charge in [0.1, 0.15) is 11.6 Å². The van der Waals surface area contributed by atoms with Gasteiger partial charge in [0.15, 0.2) is 6.23 Å². The van der Waals surface area contributed by atoms with Crippen LogP contribution in [0.2, 0.25) is 0 Å². The highest BCUT2D eigenvalue weighted by molar-refractivity contribution is 6.31. The lowest BCUT2D eigenvalue weighted by Crippen LogP contribution is -2.57. The summed E-state index contributed by atoms with van der Waals surface area (Å²) in [6, 6.07) is 4.88. The summed E-state index contributed by atoms with van der Waals surface area (Å²) in [5, 5.41) is 8.45. The zero-order valence-corrected chi connectivity index (χ0v) is 19.2. The van der Waals surface area contributed by atoms with E-state index in [2.05, 4.69) is 34.1 Å². The molecule has 3 aromatic rings. The monoisotopic (exact) mass is 467 g/mol. The normalized spacial score (nSPS) is 19.4. The molecule has 2 aliphatic rings. The number of ether oxygens (including phenoxy) is 1. The van der Waals surface area contributed by atoms with Crippen LogP contribution in [0.1, 0.15) is 19.4 Å². The van der Waals surface area contributed by atoms with Gasteiger partial charge in [0.25, 0.3) is 0 Å². The SMILES string of the molecule is Cn1cc2cc(N3c4nccc(N5CCNC(C)(C)C5)c4CC3OC(=O)C(N)=O)c(F)cc2n1. The molecule has 0 saturated carbocycles. The number of pyridine rings is 1. The number of nitrogens with two attached hydrogens (primary N) is 1. The van der Waals surface area contributed by atoms with Crippen molar-refractivity contribution in [3.05, 3.63) is 42.0 Å². The number of amides is 1. The number of fused-ring (bicyclic) bond motifs is 2. The Kier molecular flexibility index (Phi) is 5.16. The molecule has 1 saturated heterocycles. The first-order chi connectivity index (χ1) is 16.1. The van der Waals surface area contributed by atoms with Crippen LogP contribution in [0.3, 0.4) is 0 Å². The Bertz CT molecular complexity index is 1310. The standard InChI is InChI=1S/C23H26FN7O3/c1-23(2)12-30(7-6-27-23)17-4-5-26-21-14(17)9-19(34-22(33)20(25)32)31(21)18-8-13-11-29(3)28-16(13)10-15(18)24/h4-5,8,10-11,19,27H,6-7,9,12H2,1-3H3,(H2,25,32). The molecule has 1 aromatic carbocycles. The van der Waals surface area contributed by atoms with E-state index in [1.54, 1.807) is 30.2 Å². The summed E-state index contributed by atoms with van der Waals surface area (Å²) < 4.78 is 22.4. The molecule has 2 aliphatic heterocycles. The first-order valence-electron chi connectivity index (χ1n) is 11.0. The lowest BCUT2D eigenvalue weighted by molar-refractivity contribution is -0.157. The summed E-state index contributed by atoms with van der Waals surface area (Å²) in [6.07, 6.45) is 2.68. The van der Waals surface area contributed by atoms with Gasteiger partial charge in [-0.3, -0.25) is 14.4 Å². The topological polar surface area (TPSA) is 119 Å². The van der Waals surface area contributed by atoms with Crippen LogP contribution >= 0.6 is 0 Å². The van der Waals surface area contributed by atoms with Gasteiger partial charge in [0.05, 0.1) is 11.2 Å². The Balaban J connectivity index is 1.62. The number of carbonyl (C=O) groups is 2. The van der Waals surface area contributed by atoms with Gasteiger partial charge in [-0.2, -0.15) is 5.10 Å². The number of benzene rings is 1. The fraction of sp³-hybridized carbons (Fsp3) is 0.391. The molecule has 34 heavy (non-hydrogen) atoms. The second-order valence-corrected chi connectivity index (χ2v) is 9.33. The van der Waals surface area contributed by atoms with E-state index < -0.39 is 23.9 Å². The van der Waals surface area contributed by atoms with Crippen LogP contribution in [0.15, 0.2) is 30.6 Å². The lowest BCUT2D eigenvalue weighted by atomic mass is 10.0. The quantitative estimate of drug-likeness (QED) is 0.438. The van der Waals surface area contributed by atoms with Gasteiger partial charge in [0.2, 0.25) is 0 Å². The van der Waals surface area contributed by atoms with Gasteiger partial charge in [-0.15, -0.1) is 0 Å². The van der Waals surface area contributed by atoms with Crippen LogP contribution in [-0.4, -0.2) is 58.0 Å². The van der Waals surface area contributed by atoms with Gasteiger partial charge in [0, 0.05) is 73.7 Å². The fourth-order valence-electron chi connectivity index (χ4n) is 4.81. The largest absolute Gasteiger partial charge is 0.434 e. The van der Waals surface area contributed by atoms with Crippen LogP contribution in [0, 0.1) is 5.82 Å². The average molecular weight is 468 g/mol. The first kappa shape index (κ1) is 22.1. The second kappa shape index (κ2) is 7.94. The molecule has 0 aliphatic carbocycles. The Morgan fingerprint density at radius 2 is 2.09 bits per heavy atom. The maximum atomic E-state index is 15.3. The number of piperazine rings is 1. The van der Waals surface area contributed by atoms with Gasteiger partial charge in [-0.1, -0.05) is 0 Å². The molecule has 10 nitrogen and oxygen atoms in total. The summed E-state index contributed by atoms with van der Waals surface area (Å²) >= 11 is 0. The Hall–Kier alpha value is -3.73. The summed E-state index contributed by atoms with van der Waals surface area (Å²) in [5.74, 6) is -2.47. The van der Waals surface area contributed by atoms with Crippen molar-refractivity contribution >= 4 is 40.0 Å². The van der Waals surface area contributed by atoms with Crippen molar-refractivity contribution < 1.29 is 18.7 Å². The third-order valence-electron chi connectivity index (χ3n) is 6.21. The maximum Gasteiger partial charge on any atom is 0.398 e. The zero-order valence-electron chi connectivity index (χ0n) is 19.2. The highest BCUT2D eigenvalue weighted by atomic mass is 19.1.